The van der Waals surface area contributed by atoms with Gasteiger partial charge in [0.15, 0.2) is 6.10 Å². The number of esters is 1. The molecular weight excluding hydrogens is 603 g/mol. The summed E-state index contributed by atoms with van der Waals surface area (Å²) in [5, 5.41) is 11.5. The van der Waals surface area contributed by atoms with Gasteiger partial charge in [-0.25, -0.2) is 4.79 Å². The van der Waals surface area contributed by atoms with E-state index in [9.17, 15) is 14.3 Å². The van der Waals surface area contributed by atoms with Crippen LogP contribution in [0.25, 0.3) is 11.1 Å². The molecule has 2 aromatic carbocycles. The molecule has 0 saturated heterocycles. The van der Waals surface area contributed by atoms with Crippen molar-refractivity contribution in [3.8, 4) is 11.1 Å². The Balaban J connectivity index is 1.34. The molecule has 3 rings (SSSR count). The van der Waals surface area contributed by atoms with Gasteiger partial charge in [-0.05, 0) is 30.0 Å². The predicted octanol–water partition coefficient (Wildman–Crippen LogP) is 7.31. The van der Waals surface area contributed by atoms with Gasteiger partial charge in [0.2, 0.25) is 0 Å². The van der Waals surface area contributed by atoms with Crippen LogP contribution in [0.1, 0.15) is 89.3 Å². The lowest BCUT2D eigenvalue weighted by Gasteiger charge is -2.19. The fourth-order valence-electron chi connectivity index (χ4n) is 5.09. The highest BCUT2D eigenvalue weighted by molar-refractivity contribution is 7.52. The first kappa shape index (κ1) is 37.6. The van der Waals surface area contributed by atoms with Crippen molar-refractivity contribution in [3.05, 3.63) is 72.1 Å². The molecule has 0 amide bonds. The number of nitrogens with one attached hydrogen (secondary N) is 1. The van der Waals surface area contributed by atoms with E-state index >= 15 is 0 Å². The Hall–Kier alpha value is -2.88. The van der Waals surface area contributed by atoms with Crippen molar-refractivity contribution >= 4 is 13.6 Å². The first-order chi connectivity index (χ1) is 22.4. The third-order valence-electron chi connectivity index (χ3n) is 7.67. The summed E-state index contributed by atoms with van der Waals surface area (Å²) in [7, 11) is -4.14. The first-order valence-corrected chi connectivity index (χ1v) is 18.6. The minimum atomic E-state index is -4.14. The molecule has 1 heterocycles. The van der Waals surface area contributed by atoms with E-state index in [-0.39, 0.29) is 19.8 Å². The van der Waals surface area contributed by atoms with Gasteiger partial charge in [0, 0.05) is 19.6 Å². The smallest absolute Gasteiger partial charge is 0.335 e. The van der Waals surface area contributed by atoms with Crippen LogP contribution in [-0.4, -0.2) is 57.9 Å². The Kier molecular flexibility index (Phi) is 17.8. The van der Waals surface area contributed by atoms with Gasteiger partial charge in [0.1, 0.15) is 5.69 Å². The Morgan fingerprint density at radius 2 is 1.57 bits per heavy atom. The fraction of sp³-hybridized carbons (Fsp3) is 0.571. The third kappa shape index (κ3) is 15.1. The lowest BCUT2D eigenvalue weighted by atomic mass is 10.0. The van der Waals surface area contributed by atoms with E-state index in [1.54, 1.807) is 17.8 Å². The highest BCUT2D eigenvalue weighted by Crippen LogP contribution is 2.43. The molecule has 2 atom stereocenters. The van der Waals surface area contributed by atoms with Gasteiger partial charge in [-0.2, -0.15) is 0 Å². The van der Waals surface area contributed by atoms with E-state index in [4.69, 9.17) is 14.0 Å². The Morgan fingerprint density at radius 3 is 2.24 bits per heavy atom. The van der Waals surface area contributed by atoms with Crippen LogP contribution in [0.5, 0.6) is 0 Å². The van der Waals surface area contributed by atoms with Gasteiger partial charge in [0.25, 0.3) is 0 Å². The maximum atomic E-state index is 12.8. The Morgan fingerprint density at radius 1 is 0.913 bits per heavy atom. The minimum absolute atomic E-state index is 0.00128. The molecule has 2 N–H and O–H groups in total. The molecule has 0 radical (unpaired) electrons. The number of carbonyl (C=O) groups is 1. The van der Waals surface area contributed by atoms with Crippen LogP contribution in [0.15, 0.2) is 60.8 Å². The van der Waals surface area contributed by atoms with Gasteiger partial charge in [-0.3, -0.25) is 9.25 Å². The summed E-state index contributed by atoms with van der Waals surface area (Å²) < 4.78 is 30.7. The van der Waals surface area contributed by atoms with Crippen molar-refractivity contribution in [3.63, 3.8) is 0 Å². The summed E-state index contributed by atoms with van der Waals surface area (Å²) in [6.07, 6.45) is 12.6. The third-order valence-corrected chi connectivity index (χ3v) is 9.05. The number of ether oxygens (including phenoxy) is 2. The van der Waals surface area contributed by atoms with Crippen LogP contribution in [0.4, 0.5) is 0 Å². The van der Waals surface area contributed by atoms with E-state index in [2.05, 4.69) is 46.8 Å². The molecule has 46 heavy (non-hydrogen) atoms. The van der Waals surface area contributed by atoms with Gasteiger partial charge in [-0.15, -0.1) is 5.10 Å². The largest absolute Gasteiger partial charge is 0.464 e. The van der Waals surface area contributed by atoms with Gasteiger partial charge >= 0.3 is 13.6 Å². The zero-order valence-electron chi connectivity index (χ0n) is 27.6. The normalized spacial score (nSPS) is 13.4. The predicted molar refractivity (Wildman–Crippen MR) is 181 cm³/mol. The molecule has 1 aromatic heterocycles. The average Bonchev–Trinajstić information content (AvgIpc) is 3.52. The molecular formula is C35H53N4O6P. The zero-order valence-corrected chi connectivity index (χ0v) is 28.5. The molecule has 0 aliphatic heterocycles. The fourth-order valence-corrected chi connectivity index (χ4v) is 6.25. The molecule has 11 heteroatoms. The molecule has 10 nitrogen and oxygen atoms in total. The van der Waals surface area contributed by atoms with Crippen molar-refractivity contribution in [2.45, 2.75) is 104 Å². The quantitative estimate of drug-likeness (QED) is 0.0549. The number of aryl methyl sites for hydroxylation is 1. The molecule has 3 aromatic rings. The molecule has 0 aliphatic carbocycles. The molecule has 0 fully saturated rings. The van der Waals surface area contributed by atoms with E-state index < -0.39 is 25.8 Å². The van der Waals surface area contributed by atoms with Crippen LogP contribution in [-0.2, 0) is 43.1 Å². The van der Waals surface area contributed by atoms with Crippen LogP contribution < -0.4 is 5.32 Å². The highest BCUT2D eigenvalue weighted by Gasteiger charge is 2.32. The summed E-state index contributed by atoms with van der Waals surface area (Å²) in [6.45, 7) is 5.71. The van der Waals surface area contributed by atoms with Crippen LogP contribution in [0.2, 0.25) is 0 Å². The minimum Gasteiger partial charge on any atom is -0.464 e. The summed E-state index contributed by atoms with van der Waals surface area (Å²) in [4.78, 5) is 23.0. The molecule has 0 spiro atoms. The van der Waals surface area contributed by atoms with Crippen molar-refractivity contribution in [2.24, 2.45) is 0 Å². The summed E-state index contributed by atoms with van der Waals surface area (Å²) in [6, 6.07) is 18.4. The zero-order chi connectivity index (χ0) is 32.9. The maximum Gasteiger partial charge on any atom is 0.335 e. The molecule has 0 saturated carbocycles. The monoisotopic (exact) mass is 656 g/mol. The van der Waals surface area contributed by atoms with Gasteiger partial charge in [0.05, 0.1) is 32.2 Å². The topological polar surface area (TPSA) is 125 Å². The second-order valence-electron chi connectivity index (χ2n) is 11.6. The van der Waals surface area contributed by atoms with Crippen LogP contribution >= 0.6 is 7.60 Å². The number of carbonyl (C=O) groups excluding carboxylic acids is 1. The standard InChI is InChI=1S/C35H53N4O6P/c1-3-5-6-7-8-9-10-11-12-16-24-39-27-33(37-38-39)28-44-34(35(40)43-4-2)29-46(41,42)45-25-23-36-26-30-19-21-32(22-20-30)31-17-14-13-15-18-31/h13-15,17-22,27,34,36H,3-12,16,23-26,28-29H2,1-2H3,(H,41,42)/t34-/m1/s1. The Bertz CT molecular complexity index is 1290. The lowest BCUT2D eigenvalue weighted by Crippen LogP contribution is -2.31. The molecule has 254 valence electrons. The van der Waals surface area contributed by atoms with Crippen LogP contribution in [0, 0.1) is 0 Å². The number of hydrogen-bond donors (Lipinski definition) is 2. The number of nitrogens with zero attached hydrogens (tertiary/aromatic N) is 3. The van der Waals surface area contributed by atoms with Crippen molar-refractivity contribution < 1.29 is 28.3 Å². The number of unbranched alkanes of at least 4 members (excludes halogenated alkanes) is 9. The first-order valence-electron chi connectivity index (χ1n) is 16.9. The van der Waals surface area contributed by atoms with E-state index in [1.165, 1.54) is 51.4 Å². The van der Waals surface area contributed by atoms with Gasteiger partial charge < -0.3 is 24.2 Å². The number of aromatic nitrogens is 3. The summed E-state index contributed by atoms with van der Waals surface area (Å²) in [5.74, 6) is -0.713. The second-order valence-corrected chi connectivity index (χ2v) is 13.5. The second kappa shape index (κ2) is 21.8. The van der Waals surface area contributed by atoms with E-state index in [0.717, 1.165) is 36.1 Å². The number of rotatable bonds is 25. The van der Waals surface area contributed by atoms with Crippen molar-refractivity contribution in [1.82, 2.24) is 20.3 Å². The molecule has 0 bridgehead atoms. The van der Waals surface area contributed by atoms with Crippen molar-refractivity contribution in [2.75, 3.05) is 25.9 Å². The molecule has 0 aliphatic rings. The van der Waals surface area contributed by atoms with Crippen molar-refractivity contribution in [1.29, 1.82) is 0 Å². The lowest BCUT2D eigenvalue weighted by molar-refractivity contribution is -0.156. The maximum absolute atomic E-state index is 12.8. The molecule has 1 unspecified atom stereocenters. The van der Waals surface area contributed by atoms with E-state index in [1.807, 2.05) is 30.3 Å². The average molecular weight is 657 g/mol. The summed E-state index contributed by atoms with van der Waals surface area (Å²) in [5.41, 5.74) is 3.92. The number of benzene rings is 2. The van der Waals surface area contributed by atoms with E-state index in [0.29, 0.717) is 18.8 Å². The highest BCUT2D eigenvalue weighted by atomic mass is 31.2. The summed E-state index contributed by atoms with van der Waals surface area (Å²) >= 11 is 0. The SMILES string of the molecule is CCCCCCCCCCCCn1cc(CO[C@H](CP(=O)(O)OCCNCc2ccc(-c3ccccc3)cc2)C(=O)OCC)nn1. The Labute approximate surface area is 274 Å². The number of hydrogen-bond acceptors (Lipinski definition) is 8. The van der Waals surface area contributed by atoms with Crippen LogP contribution in [0.3, 0.4) is 0 Å². The van der Waals surface area contributed by atoms with Gasteiger partial charge in [-0.1, -0.05) is 125 Å².